The number of rotatable bonds is 8. The van der Waals surface area contributed by atoms with Crippen molar-refractivity contribution in [3.8, 4) is 11.5 Å². The van der Waals surface area contributed by atoms with Crippen LogP contribution >= 0.6 is 15.9 Å². The Labute approximate surface area is 129 Å². The number of halogens is 1. The minimum Gasteiger partial charge on any atom is -0.493 e. The number of benzene rings is 1. The minimum atomic E-state index is 0.185. The average Bonchev–Trinajstić information content (AvgIpc) is 2.46. The highest BCUT2D eigenvalue weighted by Gasteiger charge is 2.13. The first kappa shape index (κ1) is 17.3. The normalized spacial score (nSPS) is 13.9. The summed E-state index contributed by atoms with van der Waals surface area (Å²) in [6.45, 7) is 7.53. The number of hydrogen-bond acceptors (Lipinski definition) is 4. The van der Waals surface area contributed by atoms with Gasteiger partial charge in [-0.15, -0.1) is 0 Å². The van der Waals surface area contributed by atoms with Gasteiger partial charge in [0.2, 0.25) is 0 Å². The van der Waals surface area contributed by atoms with Crippen LogP contribution in [0.5, 0.6) is 11.5 Å². The Balaban J connectivity index is 2.79. The lowest BCUT2D eigenvalue weighted by molar-refractivity contribution is 0.207. The topological polar surface area (TPSA) is 50.7 Å². The molecule has 5 heteroatoms. The summed E-state index contributed by atoms with van der Waals surface area (Å²) >= 11 is 3.52. The van der Waals surface area contributed by atoms with Crippen molar-refractivity contribution in [2.45, 2.75) is 33.4 Å². The van der Waals surface area contributed by atoms with Crippen LogP contribution in [0.3, 0.4) is 0 Å². The van der Waals surface area contributed by atoms with E-state index in [1.807, 2.05) is 26.0 Å². The number of aliphatic hydroxyl groups is 1. The molecule has 0 amide bonds. The molecule has 0 aliphatic rings. The van der Waals surface area contributed by atoms with Crippen LogP contribution in [0.4, 0.5) is 0 Å². The molecule has 1 aromatic carbocycles. The molecule has 0 saturated carbocycles. The fourth-order valence-electron chi connectivity index (χ4n) is 1.80. The van der Waals surface area contributed by atoms with Gasteiger partial charge in [-0.3, -0.25) is 0 Å². The zero-order valence-corrected chi connectivity index (χ0v) is 14.2. The molecule has 0 aliphatic heterocycles. The van der Waals surface area contributed by atoms with Crippen LogP contribution in [0.15, 0.2) is 16.6 Å². The lowest BCUT2D eigenvalue weighted by Gasteiger charge is -2.20. The fourth-order valence-corrected chi connectivity index (χ4v) is 2.40. The molecule has 2 unspecified atom stereocenters. The first-order chi connectivity index (χ1) is 9.53. The molecule has 0 heterocycles. The molecule has 0 spiro atoms. The van der Waals surface area contributed by atoms with E-state index in [1.165, 1.54) is 0 Å². The van der Waals surface area contributed by atoms with E-state index in [9.17, 15) is 0 Å². The van der Waals surface area contributed by atoms with Gasteiger partial charge in [-0.25, -0.2) is 0 Å². The van der Waals surface area contributed by atoms with E-state index in [2.05, 4.69) is 28.2 Å². The number of hydrogen-bond donors (Lipinski definition) is 2. The van der Waals surface area contributed by atoms with Gasteiger partial charge in [0.05, 0.1) is 18.2 Å². The van der Waals surface area contributed by atoms with E-state index in [-0.39, 0.29) is 18.6 Å². The summed E-state index contributed by atoms with van der Waals surface area (Å²) in [7, 11) is 1.64. The van der Waals surface area contributed by atoms with Gasteiger partial charge in [-0.1, -0.05) is 6.92 Å². The first-order valence-electron chi connectivity index (χ1n) is 6.86. The van der Waals surface area contributed by atoms with Crippen LogP contribution in [-0.2, 0) is 6.54 Å². The van der Waals surface area contributed by atoms with Gasteiger partial charge in [-0.05, 0) is 53.4 Å². The minimum absolute atomic E-state index is 0.185. The van der Waals surface area contributed by atoms with Crippen LogP contribution in [0.25, 0.3) is 0 Å². The van der Waals surface area contributed by atoms with Gasteiger partial charge < -0.3 is 19.9 Å². The van der Waals surface area contributed by atoms with Crippen molar-refractivity contribution in [3.05, 3.63) is 22.2 Å². The Morgan fingerprint density at radius 3 is 2.60 bits per heavy atom. The van der Waals surface area contributed by atoms with E-state index in [4.69, 9.17) is 14.6 Å². The summed E-state index contributed by atoms with van der Waals surface area (Å²) in [6.07, 6.45) is 0. The van der Waals surface area contributed by atoms with Crippen molar-refractivity contribution in [3.63, 3.8) is 0 Å². The Kier molecular flexibility index (Phi) is 7.34. The predicted molar refractivity (Wildman–Crippen MR) is 84.4 cm³/mol. The molecule has 4 nitrogen and oxygen atoms in total. The molecular weight excluding hydrogens is 322 g/mol. The molecule has 20 heavy (non-hydrogen) atoms. The second-order valence-electron chi connectivity index (χ2n) is 4.87. The molecule has 0 aliphatic carbocycles. The maximum Gasteiger partial charge on any atom is 0.175 e. The summed E-state index contributed by atoms with van der Waals surface area (Å²) in [4.78, 5) is 0. The molecule has 0 aromatic heterocycles. The third kappa shape index (κ3) is 4.65. The third-order valence-corrected chi connectivity index (χ3v) is 3.94. The quantitative estimate of drug-likeness (QED) is 0.760. The second-order valence-corrected chi connectivity index (χ2v) is 5.73. The number of aliphatic hydroxyl groups excluding tert-OH is 1. The summed E-state index contributed by atoms with van der Waals surface area (Å²) in [6, 6.07) is 4.24. The van der Waals surface area contributed by atoms with E-state index < -0.39 is 0 Å². The molecule has 0 radical (unpaired) electrons. The van der Waals surface area contributed by atoms with Crippen molar-refractivity contribution < 1.29 is 14.6 Å². The van der Waals surface area contributed by atoms with Crippen LogP contribution in [-0.4, -0.2) is 31.5 Å². The van der Waals surface area contributed by atoms with Gasteiger partial charge in [0.1, 0.15) is 0 Å². The standard InChI is InChI=1S/C15H24BrNO3/c1-5-20-15-13(16)6-12(7-14(15)19-4)8-17-11(3)10(2)9-18/h6-7,10-11,17-18H,5,8-9H2,1-4H3. The molecule has 0 bridgehead atoms. The summed E-state index contributed by atoms with van der Waals surface area (Å²) in [5.41, 5.74) is 1.11. The van der Waals surface area contributed by atoms with Crippen LogP contribution in [0.1, 0.15) is 26.3 Å². The zero-order valence-electron chi connectivity index (χ0n) is 12.6. The molecule has 0 fully saturated rings. The van der Waals surface area contributed by atoms with Crippen molar-refractivity contribution in [2.24, 2.45) is 5.92 Å². The Morgan fingerprint density at radius 1 is 1.35 bits per heavy atom. The largest absolute Gasteiger partial charge is 0.493 e. The third-order valence-electron chi connectivity index (χ3n) is 3.35. The Hall–Kier alpha value is -0.780. The maximum atomic E-state index is 9.14. The average molecular weight is 346 g/mol. The molecule has 1 aromatic rings. The lowest BCUT2D eigenvalue weighted by atomic mass is 10.0. The van der Waals surface area contributed by atoms with Gasteiger partial charge in [0, 0.05) is 19.2 Å². The molecule has 2 N–H and O–H groups in total. The molecule has 114 valence electrons. The highest BCUT2D eigenvalue weighted by atomic mass is 79.9. The highest BCUT2D eigenvalue weighted by Crippen LogP contribution is 2.36. The Bertz CT molecular complexity index is 426. The van der Waals surface area contributed by atoms with Gasteiger partial charge in [-0.2, -0.15) is 0 Å². The van der Waals surface area contributed by atoms with Crippen LogP contribution in [0, 0.1) is 5.92 Å². The molecular formula is C15H24BrNO3. The van der Waals surface area contributed by atoms with Crippen LogP contribution < -0.4 is 14.8 Å². The van der Waals surface area contributed by atoms with E-state index in [0.717, 1.165) is 21.5 Å². The smallest absolute Gasteiger partial charge is 0.175 e. The van der Waals surface area contributed by atoms with Gasteiger partial charge >= 0.3 is 0 Å². The van der Waals surface area contributed by atoms with E-state index >= 15 is 0 Å². The first-order valence-corrected chi connectivity index (χ1v) is 7.66. The molecule has 0 saturated heterocycles. The molecule has 2 atom stereocenters. The van der Waals surface area contributed by atoms with Gasteiger partial charge in [0.15, 0.2) is 11.5 Å². The number of ether oxygens (including phenoxy) is 2. The predicted octanol–water partition coefficient (Wildman–Crippen LogP) is 2.96. The van der Waals surface area contributed by atoms with Crippen LogP contribution in [0.2, 0.25) is 0 Å². The van der Waals surface area contributed by atoms with E-state index in [1.54, 1.807) is 7.11 Å². The van der Waals surface area contributed by atoms with Crippen molar-refractivity contribution in [1.82, 2.24) is 5.32 Å². The van der Waals surface area contributed by atoms with E-state index in [0.29, 0.717) is 13.2 Å². The zero-order chi connectivity index (χ0) is 15.1. The monoisotopic (exact) mass is 345 g/mol. The van der Waals surface area contributed by atoms with Crippen molar-refractivity contribution in [2.75, 3.05) is 20.3 Å². The second kappa shape index (κ2) is 8.49. The molecule has 1 rings (SSSR count). The fraction of sp³-hybridized carbons (Fsp3) is 0.600. The summed E-state index contributed by atoms with van der Waals surface area (Å²) in [5, 5.41) is 12.5. The Morgan fingerprint density at radius 2 is 2.05 bits per heavy atom. The van der Waals surface area contributed by atoms with Gasteiger partial charge in [0.25, 0.3) is 0 Å². The lowest BCUT2D eigenvalue weighted by Crippen LogP contribution is -2.33. The summed E-state index contributed by atoms with van der Waals surface area (Å²) in [5.74, 6) is 1.68. The SMILES string of the molecule is CCOc1c(Br)cc(CNC(C)C(C)CO)cc1OC. The van der Waals surface area contributed by atoms with Crippen molar-refractivity contribution in [1.29, 1.82) is 0 Å². The summed E-state index contributed by atoms with van der Waals surface area (Å²) < 4.78 is 11.8. The maximum absolute atomic E-state index is 9.14. The highest BCUT2D eigenvalue weighted by molar-refractivity contribution is 9.10. The number of methoxy groups -OCH3 is 1. The number of nitrogens with one attached hydrogen (secondary N) is 1. The van der Waals surface area contributed by atoms with Crippen molar-refractivity contribution >= 4 is 15.9 Å².